The number of halogens is 2. The van der Waals surface area contributed by atoms with Crippen molar-refractivity contribution in [3.8, 4) is 11.5 Å². The normalized spacial score (nSPS) is 11.2. The van der Waals surface area contributed by atoms with E-state index in [-0.39, 0.29) is 11.6 Å². The zero-order valence-electron chi connectivity index (χ0n) is 16.8. The van der Waals surface area contributed by atoms with Gasteiger partial charge in [-0.3, -0.25) is 0 Å². The predicted molar refractivity (Wildman–Crippen MR) is 117 cm³/mol. The first-order valence-electron chi connectivity index (χ1n) is 9.64. The molecule has 1 aromatic heterocycles. The van der Waals surface area contributed by atoms with Gasteiger partial charge in [0.15, 0.2) is 0 Å². The molecule has 0 amide bonds. The van der Waals surface area contributed by atoms with E-state index >= 15 is 0 Å². The van der Waals surface area contributed by atoms with E-state index in [0.29, 0.717) is 40.5 Å². The molecule has 0 unspecified atom stereocenters. The number of rotatable bonds is 6. The van der Waals surface area contributed by atoms with Gasteiger partial charge >= 0.3 is 0 Å². The summed E-state index contributed by atoms with van der Waals surface area (Å²) in [4.78, 5) is 4.59. The minimum atomic E-state index is -0.319. The van der Waals surface area contributed by atoms with E-state index in [1.807, 2.05) is 18.2 Å². The van der Waals surface area contributed by atoms with Gasteiger partial charge in [0.2, 0.25) is 0 Å². The number of benzene rings is 3. The Morgan fingerprint density at radius 2 is 1.81 bits per heavy atom. The van der Waals surface area contributed by atoms with Crippen LogP contribution in [0, 0.1) is 18.6 Å². The zero-order chi connectivity index (χ0) is 21.8. The lowest BCUT2D eigenvalue weighted by Crippen LogP contribution is -1.92. The first-order chi connectivity index (χ1) is 15.0. The Morgan fingerprint density at radius 3 is 2.58 bits per heavy atom. The smallest absolute Gasteiger partial charge is 0.136 e. The van der Waals surface area contributed by atoms with Crippen molar-refractivity contribution in [1.82, 2.24) is 4.98 Å². The first-order valence-corrected chi connectivity index (χ1v) is 9.64. The van der Waals surface area contributed by atoms with Gasteiger partial charge in [0.05, 0.1) is 17.8 Å². The molecule has 0 atom stereocenters. The molecule has 0 bridgehead atoms. The number of fused-ring (bicyclic) bond motifs is 1. The van der Waals surface area contributed by atoms with Gasteiger partial charge in [0, 0.05) is 11.5 Å². The number of hydrogen-bond donors (Lipinski definition) is 0. The second kappa shape index (κ2) is 8.83. The first kappa shape index (κ1) is 20.3. The quantitative estimate of drug-likeness (QED) is 0.312. The molecule has 0 aliphatic rings. The van der Waals surface area contributed by atoms with E-state index < -0.39 is 0 Å². The number of hydrogen-bond acceptors (Lipinski definition) is 4. The topological polar surface area (TPSA) is 46.8 Å². The summed E-state index contributed by atoms with van der Waals surface area (Å²) < 4.78 is 32.7. The molecule has 3 aromatic carbocycles. The SMILES string of the molecule is C=C(N=NCc1ccc(F)cc1)c1ccc2c(Oc3ccc(C)c(F)c3)cccc2n1. The average molecular weight is 415 g/mol. The van der Waals surface area contributed by atoms with Crippen LogP contribution < -0.4 is 4.74 Å². The summed E-state index contributed by atoms with van der Waals surface area (Å²) in [6.45, 7) is 5.95. The molecule has 0 N–H and O–H groups in total. The van der Waals surface area contributed by atoms with Crippen LogP contribution in [0.2, 0.25) is 0 Å². The summed E-state index contributed by atoms with van der Waals surface area (Å²) in [5.41, 5.74) is 3.09. The van der Waals surface area contributed by atoms with Crippen LogP contribution in [0.25, 0.3) is 16.6 Å². The molecule has 154 valence electrons. The largest absolute Gasteiger partial charge is 0.457 e. The average Bonchev–Trinajstić information content (AvgIpc) is 2.77. The Kier molecular flexibility index (Phi) is 5.80. The number of aromatic nitrogens is 1. The predicted octanol–water partition coefficient (Wildman–Crippen LogP) is 7.24. The fourth-order valence-electron chi connectivity index (χ4n) is 2.98. The Labute approximate surface area is 178 Å². The van der Waals surface area contributed by atoms with E-state index in [2.05, 4.69) is 21.8 Å². The maximum absolute atomic E-state index is 13.8. The third-order valence-electron chi connectivity index (χ3n) is 4.72. The van der Waals surface area contributed by atoms with Gasteiger partial charge in [-0.15, -0.1) is 0 Å². The molecule has 0 fully saturated rings. The van der Waals surface area contributed by atoms with E-state index in [1.54, 1.807) is 43.3 Å². The summed E-state index contributed by atoms with van der Waals surface area (Å²) in [7, 11) is 0. The molecular formula is C25H19F2N3O. The molecule has 0 aliphatic heterocycles. The minimum Gasteiger partial charge on any atom is -0.457 e. The number of aryl methyl sites for hydroxylation is 1. The number of nitrogens with zero attached hydrogens (tertiary/aromatic N) is 3. The molecule has 4 aromatic rings. The van der Waals surface area contributed by atoms with Crippen molar-refractivity contribution >= 4 is 16.6 Å². The molecule has 31 heavy (non-hydrogen) atoms. The molecule has 0 aliphatic carbocycles. The van der Waals surface area contributed by atoms with E-state index in [1.165, 1.54) is 18.2 Å². The summed E-state index contributed by atoms with van der Waals surface area (Å²) in [5.74, 6) is 0.379. The fraction of sp³-hybridized carbons (Fsp3) is 0.0800. The van der Waals surface area contributed by atoms with Crippen LogP contribution in [0.4, 0.5) is 8.78 Å². The number of pyridine rings is 1. The van der Waals surface area contributed by atoms with Crippen LogP contribution >= 0.6 is 0 Å². The van der Waals surface area contributed by atoms with Gasteiger partial charge in [-0.25, -0.2) is 13.8 Å². The highest BCUT2D eigenvalue weighted by Crippen LogP contribution is 2.31. The third kappa shape index (κ3) is 4.80. The van der Waals surface area contributed by atoms with Crippen molar-refractivity contribution < 1.29 is 13.5 Å². The van der Waals surface area contributed by atoms with Gasteiger partial charge in [-0.2, -0.15) is 10.2 Å². The minimum absolute atomic E-state index is 0.290. The summed E-state index contributed by atoms with van der Waals surface area (Å²) >= 11 is 0. The Morgan fingerprint density at radius 1 is 1.00 bits per heavy atom. The van der Waals surface area contributed by atoms with E-state index in [9.17, 15) is 8.78 Å². The van der Waals surface area contributed by atoms with Crippen molar-refractivity contribution in [1.29, 1.82) is 0 Å². The van der Waals surface area contributed by atoms with Gasteiger partial charge in [-0.05, 0) is 60.5 Å². The maximum atomic E-state index is 13.8. The van der Waals surface area contributed by atoms with E-state index in [0.717, 1.165) is 10.9 Å². The molecule has 1 heterocycles. The van der Waals surface area contributed by atoms with Crippen LogP contribution in [0.1, 0.15) is 16.8 Å². The zero-order valence-corrected chi connectivity index (χ0v) is 16.8. The number of azo groups is 1. The molecule has 0 spiro atoms. The second-order valence-corrected chi connectivity index (χ2v) is 7.01. The number of ether oxygens (including phenoxy) is 1. The Bertz CT molecular complexity index is 1280. The highest BCUT2D eigenvalue weighted by atomic mass is 19.1. The lowest BCUT2D eigenvalue weighted by molar-refractivity contribution is 0.481. The summed E-state index contributed by atoms with van der Waals surface area (Å²) in [5, 5.41) is 9.03. The lowest BCUT2D eigenvalue weighted by atomic mass is 10.1. The van der Waals surface area contributed by atoms with Crippen molar-refractivity contribution in [3.05, 3.63) is 108 Å². The molecule has 4 rings (SSSR count). The Balaban J connectivity index is 1.52. The lowest BCUT2D eigenvalue weighted by Gasteiger charge is -2.10. The van der Waals surface area contributed by atoms with Crippen molar-refractivity contribution in [2.45, 2.75) is 13.5 Å². The van der Waals surface area contributed by atoms with Gasteiger partial charge in [0.1, 0.15) is 28.8 Å². The Hall–Kier alpha value is -3.93. The molecule has 0 radical (unpaired) electrons. The standard InChI is InChI=1S/C25H19F2N3O/c1-16-6-11-20(14-22(16)27)31-25-5-3-4-24-21(25)12-13-23(29-24)17(2)30-28-15-18-7-9-19(26)10-8-18/h3-14H,2,15H2,1H3. The maximum Gasteiger partial charge on any atom is 0.136 e. The summed E-state index contributed by atoms with van der Waals surface area (Å²) in [6, 6.07) is 20.0. The van der Waals surface area contributed by atoms with Gasteiger partial charge in [0.25, 0.3) is 0 Å². The molecule has 4 nitrogen and oxygen atoms in total. The monoisotopic (exact) mass is 415 g/mol. The second-order valence-electron chi connectivity index (χ2n) is 7.01. The highest BCUT2D eigenvalue weighted by molar-refractivity contribution is 5.86. The van der Waals surface area contributed by atoms with Crippen LogP contribution in [-0.2, 0) is 6.54 Å². The van der Waals surface area contributed by atoms with Crippen LogP contribution in [0.15, 0.2) is 89.6 Å². The van der Waals surface area contributed by atoms with Crippen molar-refractivity contribution in [3.63, 3.8) is 0 Å². The van der Waals surface area contributed by atoms with Crippen LogP contribution in [0.3, 0.4) is 0 Å². The molecule has 0 saturated carbocycles. The highest BCUT2D eigenvalue weighted by Gasteiger charge is 2.08. The summed E-state index contributed by atoms with van der Waals surface area (Å²) in [6.07, 6.45) is 0. The molecule has 6 heteroatoms. The fourth-order valence-corrected chi connectivity index (χ4v) is 2.98. The van der Waals surface area contributed by atoms with Crippen molar-refractivity contribution in [2.24, 2.45) is 10.2 Å². The van der Waals surface area contributed by atoms with Gasteiger partial charge in [-0.1, -0.05) is 30.8 Å². The third-order valence-corrected chi connectivity index (χ3v) is 4.72. The van der Waals surface area contributed by atoms with Crippen LogP contribution in [-0.4, -0.2) is 4.98 Å². The molecular weight excluding hydrogens is 396 g/mol. The molecule has 0 saturated heterocycles. The van der Waals surface area contributed by atoms with Crippen molar-refractivity contribution in [2.75, 3.05) is 0 Å². The van der Waals surface area contributed by atoms with E-state index in [4.69, 9.17) is 4.74 Å². The van der Waals surface area contributed by atoms with Gasteiger partial charge < -0.3 is 4.74 Å². The van der Waals surface area contributed by atoms with Crippen LogP contribution in [0.5, 0.6) is 11.5 Å².